The van der Waals surface area contributed by atoms with E-state index in [9.17, 15) is 4.79 Å². The van der Waals surface area contributed by atoms with E-state index >= 15 is 0 Å². The first-order valence-electron chi connectivity index (χ1n) is 9.10. The molecule has 0 heterocycles. The Morgan fingerprint density at radius 3 is 2.44 bits per heavy atom. The van der Waals surface area contributed by atoms with Crippen molar-refractivity contribution >= 4 is 17.8 Å². The van der Waals surface area contributed by atoms with E-state index in [0.29, 0.717) is 12.2 Å². The SMILES string of the molecule is CCc1cc(C(C=O)Nc2ccc(C(=N)N)cc2)cc(C(C)(C)COC)c1. The number of nitrogens with one attached hydrogen (secondary N) is 2. The molecular weight excluding hydrogens is 338 g/mol. The molecule has 0 radical (unpaired) electrons. The quantitative estimate of drug-likeness (QED) is 0.357. The number of anilines is 1. The predicted octanol–water partition coefficient (Wildman–Crippen LogP) is 3.81. The summed E-state index contributed by atoms with van der Waals surface area (Å²) in [5.41, 5.74) is 10.1. The van der Waals surface area contributed by atoms with E-state index in [1.165, 1.54) is 5.56 Å². The second kappa shape index (κ2) is 8.82. The lowest BCUT2D eigenvalue weighted by Gasteiger charge is -2.27. The summed E-state index contributed by atoms with van der Waals surface area (Å²) in [6.07, 6.45) is 1.81. The zero-order valence-electron chi connectivity index (χ0n) is 16.5. The van der Waals surface area contributed by atoms with Gasteiger partial charge in [-0.25, -0.2) is 0 Å². The number of carbonyl (C=O) groups excluding carboxylic acids is 1. The fraction of sp³-hybridized carbons (Fsp3) is 0.364. The van der Waals surface area contributed by atoms with Crippen molar-refractivity contribution in [1.82, 2.24) is 0 Å². The number of ether oxygens (including phenoxy) is 1. The van der Waals surface area contributed by atoms with Gasteiger partial charge in [0.25, 0.3) is 0 Å². The molecule has 4 N–H and O–H groups in total. The Labute approximate surface area is 161 Å². The maximum Gasteiger partial charge on any atom is 0.146 e. The van der Waals surface area contributed by atoms with Gasteiger partial charge in [0, 0.05) is 23.8 Å². The van der Waals surface area contributed by atoms with Crippen molar-refractivity contribution in [2.45, 2.75) is 38.6 Å². The standard InChI is InChI=1S/C22H29N3O2/c1-5-15-10-17(12-18(11-15)22(2,3)14-27-4)20(13-26)25-19-8-6-16(7-9-19)21(23)24/h6-13,20,25H,5,14H2,1-4H3,(H3,23,24). The molecule has 0 saturated heterocycles. The zero-order chi connectivity index (χ0) is 20.0. The Hall–Kier alpha value is -2.66. The number of methoxy groups -OCH3 is 1. The topological polar surface area (TPSA) is 88.2 Å². The normalized spacial score (nSPS) is 12.4. The van der Waals surface area contributed by atoms with Crippen LogP contribution in [0.15, 0.2) is 42.5 Å². The van der Waals surface area contributed by atoms with Gasteiger partial charge in [-0.05, 0) is 47.4 Å². The van der Waals surface area contributed by atoms with E-state index in [-0.39, 0.29) is 11.3 Å². The third-order valence-electron chi connectivity index (χ3n) is 4.72. The third-order valence-corrected chi connectivity index (χ3v) is 4.72. The molecule has 0 bridgehead atoms. The molecular formula is C22H29N3O2. The summed E-state index contributed by atoms with van der Waals surface area (Å²) in [5, 5.41) is 10.7. The number of nitrogens with two attached hydrogens (primary N) is 1. The lowest BCUT2D eigenvalue weighted by molar-refractivity contribution is -0.108. The number of amidine groups is 1. The lowest BCUT2D eigenvalue weighted by atomic mass is 9.82. The van der Waals surface area contributed by atoms with Crippen molar-refractivity contribution in [3.63, 3.8) is 0 Å². The highest BCUT2D eigenvalue weighted by Crippen LogP contribution is 2.29. The number of hydrogen-bond acceptors (Lipinski definition) is 4. The molecule has 0 fully saturated rings. The summed E-state index contributed by atoms with van der Waals surface area (Å²) in [6.45, 7) is 6.99. The number of rotatable bonds is 9. The molecule has 0 aliphatic heterocycles. The third kappa shape index (κ3) is 5.17. The fourth-order valence-electron chi connectivity index (χ4n) is 3.06. The van der Waals surface area contributed by atoms with E-state index in [2.05, 4.69) is 44.3 Å². The van der Waals surface area contributed by atoms with Crippen LogP contribution in [0, 0.1) is 5.41 Å². The molecule has 5 nitrogen and oxygen atoms in total. The van der Waals surface area contributed by atoms with Gasteiger partial charge in [0.1, 0.15) is 18.2 Å². The van der Waals surface area contributed by atoms with Gasteiger partial charge >= 0.3 is 0 Å². The van der Waals surface area contributed by atoms with Crippen molar-refractivity contribution in [3.05, 3.63) is 64.7 Å². The molecule has 1 atom stereocenters. The molecule has 144 valence electrons. The van der Waals surface area contributed by atoms with Crippen molar-refractivity contribution < 1.29 is 9.53 Å². The maximum atomic E-state index is 11.8. The smallest absolute Gasteiger partial charge is 0.146 e. The highest BCUT2D eigenvalue weighted by molar-refractivity contribution is 5.95. The van der Waals surface area contributed by atoms with Gasteiger partial charge < -0.3 is 20.6 Å². The molecule has 27 heavy (non-hydrogen) atoms. The second-order valence-electron chi connectivity index (χ2n) is 7.38. The highest BCUT2D eigenvalue weighted by Gasteiger charge is 2.23. The minimum absolute atomic E-state index is 0.0224. The second-order valence-corrected chi connectivity index (χ2v) is 7.38. The van der Waals surface area contributed by atoms with Crippen LogP contribution in [0.1, 0.15) is 49.1 Å². The van der Waals surface area contributed by atoms with Gasteiger partial charge in [0.15, 0.2) is 0 Å². The molecule has 1 unspecified atom stereocenters. The highest BCUT2D eigenvalue weighted by atomic mass is 16.5. The largest absolute Gasteiger partial charge is 0.384 e. The zero-order valence-corrected chi connectivity index (χ0v) is 16.5. The molecule has 0 aliphatic carbocycles. The van der Waals surface area contributed by atoms with Crippen molar-refractivity contribution in [1.29, 1.82) is 5.41 Å². The molecule has 2 aromatic carbocycles. The Kier molecular flexibility index (Phi) is 6.75. The van der Waals surface area contributed by atoms with E-state index in [1.54, 1.807) is 19.2 Å². The average Bonchev–Trinajstić information content (AvgIpc) is 2.66. The molecule has 0 spiro atoms. The Bertz CT molecular complexity index is 798. The predicted molar refractivity (Wildman–Crippen MR) is 111 cm³/mol. The van der Waals surface area contributed by atoms with Crippen LogP contribution in [0.5, 0.6) is 0 Å². The minimum atomic E-state index is -0.461. The number of benzene rings is 2. The molecule has 5 heteroatoms. The van der Waals surface area contributed by atoms with Gasteiger partial charge in [0.05, 0.1) is 6.61 Å². The number of nitrogen functional groups attached to an aromatic ring is 1. The average molecular weight is 367 g/mol. The first-order valence-corrected chi connectivity index (χ1v) is 9.10. The minimum Gasteiger partial charge on any atom is -0.384 e. The first kappa shape index (κ1) is 20.6. The van der Waals surface area contributed by atoms with Crippen molar-refractivity contribution in [2.75, 3.05) is 19.0 Å². The summed E-state index contributed by atoms with van der Waals surface area (Å²) in [7, 11) is 1.70. The van der Waals surface area contributed by atoms with Gasteiger partial charge in [-0.15, -0.1) is 0 Å². The van der Waals surface area contributed by atoms with Crippen LogP contribution in [0.3, 0.4) is 0 Å². The molecule has 2 aromatic rings. The van der Waals surface area contributed by atoms with Gasteiger partial charge in [0.2, 0.25) is 0 Å². The van der Waals surface area contributed by atoms with Gasteiger partial charge in [-0.1, -0.05) is 39.0 Å². The number of hydrogen-bond donors (Lipinski definition) is 3. The van der Waals surface area contributed by atoms with Crippen molar-refractivity contribution in [2.24, 2.45) is 5.73 Å². The van der Waals surface area contributed by atoms with Crippen LogP contribution in [0.2, 0.25) is 0 Å². The van der Waals surface area contributed by atoms with Crippen LogP contribution in [0.4, 0.5) is 5.69 Å². The number of aryl methyl sites for hydroxylation is 1. The van der Waals surface area contributed by atoms with Crippen molar-refractivity contribution in [3.8, 4) is 0 Å². The van der Waals surface area contributed by atoms with Crippen LogP contribution >= 0.6 is 0 Å². The molecule has 0 aliphatic rings. The summed E-state index contributed by atoms with van der Waals surface area (Å²) in [4.78, 5) is 11.8. The van der Waals surface area contributed by atoms with Crippen LogP contribution < -0.4 is 11.1 Å². The number of carbonyl (C=O) groups is 1. The van der Waals surface area contributed by atoms with Gasteiger partial charge in [-0.3, -0.25) is 5.41 Å². The van der Waals surface area contributed by atoms with Gasteiger partial charge in [-0.2, -0.15) is 0 Å². The summed E-state index contributed by atoms with van der Waals surface area (Å²) >= 11 is 0. The Morgan fingerprint density at radius 2 is 1.93 bits per heavy atom. The monoisotopic (exact) mass is 367 g/mol. The van der Waals surface area contributed by atoms with Crippen LogP contribution in [-0.2, 0) is 21.4 Å². The summed E-state index contributed by atoms with van der Waals surface area (Å²) < 4.78 is 5.37. The maximum absolute atomic E-state index is 11.8. The molecule has 0 aromatic heterocycles. The molecule has 0 saturated carbocycles. The Balaban J connectivity index is 2.35. The Morgan fingerprint density at radius 1 is 1.26 bits per heavy atom. The van der Waals surface area contributed by atoms with E-state index < -0.39 is 6.04 Å². The summed E-state index contributed by atoms with van der Waals surface area (Å²) in [6, 6.07) is 13.1. The molecule has 2 rings (SSSR count). The first-order chi connectivity index (χ1) is 12.8. The van der Waals surface area contributed by atoms with Crippen LogP contribution in [-0.4, -0.2) is 25.8 Å². The lowest BCUT2D eigenvalue weighted by Crippen LogP contribution is -2.24. The van der Waals surface area contributed by atoms with Crippen LogP contribution in [0.25, 0.3) is 0 Å². The van der Waals surface area contributed by atoms with E-state index in [4.69, 9.17) is 15.9 Å². The summed E-state index contributed by atoms with van der Waals surface area (Å²) in [5.74, 6) is 0.0224. The van der Waals surface area contributed by atoms with E-state index in [1.807, 2.05) is 12.1 Å². The number of aldehydes is 1. The molecule has 0 amide bonds. The fourth-order valence-corrected chi connectivity index (χ4v) is 3.06. The van der Waals surface area contributed by atoms with E-state index in [0.717, 1.165) is 29.5 Å².